The molecule has 0 unspecified atom stereocenters. The summed E-state index contributed by atoms with van der Waals surface area (Å²) in [5.74, 6) is 0. The maximum Gasteiger partial charge on any atom is 2.00 e. The largest absolute Gasteiger partial charge is 2.00 e. The molecule has 0 aliphatic rings. The summed E-state index contributed by atoms with van der Waals surface area (Å²) in [6.07, 6.45) is 3.33. The van der Waals surface area contributed by atoms with E-state index in [9.17, 15) is 16.8 Å². The number of aryl methyl sites for hydroxylation is 2. The molecule has 0 spiro atoms. The average Bonchev–Trinajstić information content (AvgIpc) is 3.06. The number of pyridine rings is 2. The SMILES string of the molecule is Cc1ccc(S(=O)(=O)[N-]c2ccccc2-c2ccccn2)cc1.Cc1ccc(S(=O)(=O)[N-]c2ccccc2-c2ccccn2)cc1.[Pt+2]. The van der Waals surface area contributed by atoms with Crippen LogP contribution in [0.2, 0.25) is 0 Å². The van der Waals surface area contributed by atoms with E-state index in [4.69, 9.17) is 0 Å². The molecule has 8 nitrogen and oxygen atoms in total. The molecule has 0 saturated carbocycles. The molecule has 0 amide bonds. The second-order valence-corrected chi connectivity index (χ2v) is 13.4. The van der Waals surface area contributed by atoms with Crippen LogP contribution >= 0.6 is 0 Å². The van der Waals surface area contributed by atoms with Crippen molar-refractivity contribution in [2.24, 2.45) is 0 Å². The Labute approximate surface area is 290 Å². The molecule has 0 bridgehead atoms. The molecule has 0 N–H and O–H groups in total. The topological polar surface area (TPSA) is 122 Å². The van der Waals surface area contributed by atoms with Crippen molar-refractivity contribution < 1.29 is 37.9 Å². The Hall–Kier alpha value is -4.63. The van der Waals surface area contributed by atoms with E-state index in [0.717, 1.165) is 11.1 Å². The predicted octanol–water partition coefficient (Wildman–Crippen LogP) is 8.90. The standard InChI is InChI=1S/2C18H15N2O2S.Pt/c2*1-14-9-11-15(12-10-14)23(21,22)20-18-8-3-2-6-16(18)17-7-4-5-13-19-17;/h2*2-13H,1H3;/q2*-1;+2. The molecule has 0 radical (unpaired) electrons. The number of aromatic nitrogens is 2. The quantitative estimate of drug-likeness (QED) is 0.151. The molecule has 6 aromatic rings. The van der Waals surface area contributed by atoms with Crippen LogP contribution in [0.15, 0.2) is 156 Å². The first-order valence-electron chi connectivity index (χ1n) is 14.2. The van der Waals surface area contributed by atoms with Crippen molar-refractivity contribution in [1.29, 1.82) is 0 Å². The fourth-order valence-electron chi connectivity index (χ4n) is 4.37. The Bertz CT molecular complexity index is 1970. The van der Waals surface area contributed by atoms with Gasteiger partial charge < -0.3 is 9.44 Å². The molecule has 2 aromatic heterocycles. The molecule has 0 aliphatic heterocycles. The van der Waals surface area contributed by atoms with Gasteiger partial charge in [-0.1, -0.05) is 96.1 Å². The van der Waals surface area contributed by atoms with Gasteiger partial charge in [0.05, 0.1) is 21.2 Å². The second-order valence-electron chi connectivity index (χ2n) is 10.2. The van der Waals surface area contributed by atoms with Crippen LogP contribution in [-0.4, -0.2) is 26.8 Å². The van der Waals surface area contributed by atoms with E-state index in [2.05, 4.69) is 19.4 Å². The van der Waals surface area contributed by atoms with Crippen LogP contribution in [0.25, 0.3) is 32.0 Å². The number of hydrogen-bond donors (Lipinski definition) is 0. The maximum absolute atomic E-state index is 12.5. The first-order chi connectivity index (χ1) is 22.1. The summed E-state index contributed by atoms with van der Waals surface area (Å²) >= 11 is 0. The molecular weight excluding hydrogens is 812 g/mol. The summed E-state index contributed by atoms with van der Waals surface area (Å²) in [5.41, 5.74) is 5.50. The fraction of sp³-hybridized carbons (Fsp3) is 0.0556. The molecule has 4 aromatic carbocycles. The van der Waals surface area contributed by atoms with Crippen molar-refractivity contribution in [2.75, 3.05) is 0 Å². The molecule has 240 valence electrons. The van der Waals surface area contributed by atoms with Gasteiger partial charge >= 0.3 is 21.1 Å². The van der Waals surface area contributed by atoms with Crippen LogP contribution in [0.4, 0.5) is 11.4 Å². The molecule has 0 aliphatic carbocycles. The summed E-state index contributed by atoms with van der Waals surface area (Å²) in [7, 11) is -7.53. The summed E-state index contributed by atoms with van der Waals surface area (Å²) in [4.78, 5) is 8.90. The Balaban J connectivity index is 0.000000208. The van der Waals surface area contributed by atoms with Gasteiger partial charge in [0.1, 0.15) is 20.0 Å². The van der Waals surface area contributed by atoms with Crippen molar-refractivity contribution in [2.45, 2.75) is 23.6 Å². The van der Waals surface area contributed by atoms with Gasteiger partial charge in [0.2, 0.25) is 0 Å². The van der Waals surface area contributed by atoms with E-state index in [1.165, 1.54) is 0 Å². The van der Waals surface area contributed by atoms with Crippen LogP contribution in [0.3, 0.4) is 0 Å². The van der Waals surface area contributed by atoms with E-state index in [-0.39, 0.29) is 30.9 Å². The van der Waals surface area contributed by atoms with Gasteiger partial charge in [-0.25, -0.2) is 16.8 Å². The number of benzene rings is 4. The van der Waals surface area contributed by atoms with Gasteiger partial charge in [-0.2, -0.15) is 0 Å². The zero-order chi connectivity index (χ0) is 32.6. The normalized spacial score (nSPS) is 10.9. The van der Waals surface area contributed by atoms with E-state index in [1.54, 1.807) is 85.2 Å². The van der Waals surface area contributed by atoms with Gasteiger partial charge in [0, 0.05) is 12.4 Å². The van der Waals surface area contributed by atoms with Crippen molar-refractivity contribution in [3.8, 4) is 22.5 Å². The molecule has 2 heterocycles. The number of sulfonamides is 2. The van der Waals surface area contributed by atoms with Gasteiger partial charge in [-0.15, -0.1) is 11.4 Å². The predicted molar refractivity (Wildman–Crippen MR) is 182 cm³/mol. The van der Waals surface area contributed by atoms with Crippen molar-refractivity contribution in [3.63, 3.8) is 0 Å². The summed E-state index contributed by atoms with van der Waals surface area (Å²) in [6, 6.07) is 38.4. The van der Waals surface area contributed by atoms with Crippen LogP contribution in [-0.2, 0) is 41.1 Å². The van der Waals surface area contributed by atoms with Crippen molar-refractivity contribution >= 4 is 31.4 Å². The number of nitrogens with zero attached hydrogens (tertiary/aromatic N) is 4. The van der Waals surface area contributed by atoms with Gasteiger partial charge in [-0.3, -0.25) is 9.97 Å². The third-order valence-corrected chi connectivity index (χ3v) is 9.37. The fourth-order valence-corrected chi connectivity index (χ4v) is 6.38. The molecule has 0 fully saturated rings. The van der Waals surface area contributed by atoms with Crippen LogP contribution in [0.5, 0.6) is 0 Å². The Morgan fingerprint density at radius 2 is 0.787 bits per heavy atom. The Morgan fingerprint density at radius 3 is 1.13 bits per heavy atom. The smallest absolute Gasteiger partial charge is 0.572 e. The molecule has 0 saturated heterocycles. The number of hydrogen-bond acceptors (Lipinski definition) is 6. The average molecular weight is 842 g/mol. The minimum atomic E-state index is -3.76. The van der Waals surface area contributed by atoms with Gasteiger partial charge in [0.15, 0.2) is 0 Å². The molecule has 6 rings (SSSR count). The molecule has 47 heavy (non-hydrogen) atoms. The number of rotatable bonds is 8. The monoisotopic (exact) mass is 841 g/mol. The van der Waals surface area contributed by atoms with Crippen LogP contribution in [0, 0.1) is 13.8 Å². The van der Waals surface area contributed by atoms with E-state index < -0.39 is 20.0 Å². The minimum Gasteiger partial charge on any atom is -0.572 e. The summed E-state index contributed by atoms with van der Waals surface area (Å²) in [5, 5.41) is 0. The second kappa shape index (κ2) is 15.8. The van der Waals surface area contributed by atoms with Crippen LogP contribution < -0.4 is 0 Å². The van der Waals surface area contributed by atoms with E-state index in [1.807, 2.05) is 74.5 Å². The maximum atomic E-state index is 12.5. The Morgan fingerprint density at radius 1 is 0.447 bits per heavy atom. The van der Waals surface area contributed by atoms with Gasteiger partial charge in [-0.05, 0) is 73.5 Å². The zero-order valence-electron chi connectivity index (χ0n) is 25.4. The molecule has 11 heteroatoms. The first-order valence-corrected chi connectivity index (χ1v) is 17.1. The summed E-state index contributed by atoms with van der Waals surface area (Å²) in [6.45, 7) is 3.81. The third-order valence-electron chi connectivity index (χ3n) is 6.76. The minimum absolute atomic E-state index is 0. The van der Waals surface area contributed by atoms with Gasteiger partial charge in [0.25, 0.3) is 0 Å². The first kappa shape index (κ1) is 35.2. The van der Waals surface area contributed by atoms with Crippen molar-refractivity contribution in [1.82, 2.24) is 9.97 Å². The van der Waals surface area contributed by atoms with Crippen LogP contribution in [0.1, 0.15) is 11.1 Å². The third kappa shape index (κ3) is 9.22. The zero-order valence-corrected chi connectivity index (χ0v) is 29.3. The summed E-state index contributed by atoms with van der Waals surface area (Å²) < 4.78 is 58.0. The van der Waals surface area contributed by atoms with E-state index >= 15 is 0 Å². The molecular formula is C36H30N4O4PtS2. The van der Waals surface area contributed by atoms with E-state index in [0.29, 0.717) is 33.9 Å². The Kier molecular flexibility index (Phi) is 11.8. The van der Waals surface area contributed by atoms with Crippen molar-refractivity contribution in [3.05, 3.63) is 166 Å². The molecule has 0 atom stereocenters.